The van der Waals surface area contributed by atoms with Crippen LogP contribution >= 0.6 is 0 Å². The van der Waals surface area contributed by atoms with Gasteiger partial charge in [-0.15, -0.1) is 0 Å². The first-order valence-electron chi connectivity index (χ1n) is 10.1. The molecule has 9 heteroatoms. The van der Waals surface area contributed by atoms with Crippen molar-refractivity contribution in [3.05, 3.63) is 18.1 Å². The Morgan fingerprint density at radius 1 is 1.14 bits per heavy atom. The number of sulfonamides is 1. The number of carbonyl (C=O) groups excluding carboxylic acids is 1. The molecule has 2 saturated heterocycles. The van der Waals surface area contributed by atoms with Crippen molar-refractivity contribution in [3.8, 4) is 0 Å². The van der Waals surface area contributed by atoms with Crippen LogP contribution in [0.3, 0.4) is 0 Å². The van der Waals surface area contributed by atoms with E-state index in [9.17, 15) is 13.2 Å². The molecule has 1 amide bonds. The SMILES string of the molecule is CS(=O)(=O)N1CCC(Cc2cnc(N3CC4(CCCCC4)OC3=O)cn2)CC1. The smallest absolute Gasteiger partial charge is 0.416 e. The molecule has 1 saturated carbocycles. The maximum atomic E-state index is 12.3. The van der Waals surface area contributed by atoms with Crippen molar-refractivity contribution < 1.29 is 17.9 Å². The molecule has 8 nitrogen and oxygen atoms in total. The minimum absolute atomic E-state index is 0.322. The summed E-state index contributed by atoms with van der Waals surface area (Å²) in [5.74, 6) is 0.948. The van der Waals surface area contributed by atoms with Crippen molar-refractivity contribution in [2.45, 2.75) is 57.0 Å². The first kappa shape index (κ1) is 19.6. The second-order valence-corrected chi connectivity index (χ2v) is 10.4. The molecule has 0 radical (unpaired) electrons. The Hall–Kier alpha value is -1.74. The van der Waals surface area contributed by atoms with Gasteiger partial charge in [0.1, 0.15) is 5.60 Å². The number of rotatable bonds is 4. The van der Waals surface area contributed by atoms with Gasteiger partial charge in [0.15, 0.2) is 5.82 Å². The van der Waals surface area contributed by atoms with Crippen LogP contribution in [0.15, 0.2) is 12.4 Å². The van der Waals surface area contributed by atoms with E-state index in [1.807, 2.05) is 0 Å². The number of hydrogen-bond donors (Lipinski definition) is 0. The van der Waals surface area contributed by atoms with Crippen LogP contribution < -0.4 is 4.90 Å². The lowest BCUT2D eigenvalue weighted by Crippen LogP contribution is -2.38. The first-order valence-corrected chi connectivity index (χ1v) is 12.0. The third-order valence-electron chi connectivity index (χ3n) is 6.24. The zero-order valence-electron chi connectivity index (χ0n) is 16.3. The number of aromatic nitrogens is 2. The molecule has 154 valence electrons. The van der Waals surface area contributed by atoms with Gasteiger partial charge in [0.25, 0.3) is 0 Å². The average molecular weight is 409 g/mol. The second-order valence-electron chi connectivity index (χ2n) is 8.37. The number of piperidine rings is 1. The molecule has 0 aromatic carbocycles. The van der Waals surface area contributed by atoms with E-state index in [4.69, 9.17) is 4.74 Å². The molecule has 0 unspecified atom stereocenters. The van der Waals surface area contributed by atoms with E-state index < -0.39 is 10.0 Å². The molecule has 0 N–H and O–H groups in total. The Labute approximate surface area is 166 Å². The summed E-state index contributed by atoms with van der Waals surface area (Å²) in [4.78, 5) is 22.9. The van der Waals surface area contributed by atoms with E-state index >= 15 is 0 Å². The summed E-state index contributed by atoms with van der Waals surface area (Å²) in [7, 11) is -3.10. The van der Waals surface area contributed by atoms with Gasteiger partial charge in [0.2, 0.25) is 10.0 Å². The predicted molar refractivity (Wildman–Crippen MR) is 105 cm³/mol. The highest BCUT2D eigenvalue weighted by Gasteiger charge is 2.46. The number of anilines is 1. The van der Waals surface area contributed by atoms with Gasteiger partial charge in [-0.3, -0.25) is 9.88 Å². The zero-order chi connectivity index (χ0) is 19.8. The van der Waals surface area contributed by atoms with Crippen molar-refractivity contribution in [3.63, 3.8) is 0 Å². The van der Waals surface area contributed by atoms with Gasteiger partial charge in [-0.2, -0.15) is 0 Å². The Balaban J connectivity index is 1.35. The summed E-state index contributed by atoms with van der Waals surface area (Å²) in [6.07, 6.45) is 12.0. The number of hydrogen-bond acceptors (Lipinski definition) is 6. The van der Waals surface area contributed by atoms with E-state index in [1.165, 1.54) is 12.7 Å². The van der Waals surface area contributed by atoms with E-state index in [0.717, 1.165) is 50.6 Å². The summed E-state index contributed by atoms with van der Waals surface area (Å²) in [6.45, 7) is 1.69. The van der Waals surface area contributed by atoms with Crippen LogP contribution in [0.1, 0.15) is 50.6 Å². The summed E-state index contributed by atoms with van der Waals surface area (Å²) in [6, 6.07) is 0. The zero-order valence-corrected chi connectivity index (χ0v) is 17.2. The fourth-order valence-corrected chi connectivity index (χ4v) is 5.46. The number of carbonyl (C=O) groups is 1. The monoisotopic (exact) mass is 408 g/mol. The average Bonchev–Trinajstić information content (AvgIpc) is 2.98. The number of nitrogens with zero attached hydrogens (tertiary/aromatic N) is 4. The molecule has 0 atom stereocenters. The van der Waals surface area contributed by atoms with E-state index in [1.54, 1.807) is 21.6 Å². The molecule has 1 aromatic rings. The second kappa shape index (κ2) is 7.59. The summed E-state index contributed by atoms with van der Waals surface area (Å²) < 4.78 is 30.5. The lowest BCUT2D eigenvalue weighted by molar-refractivity contribution is 0.0260. The highest BCUT2D eigenvalue weighted by molar-refractivity contribution is 7.88. The van der Waals surface area contributed by atoms with Gasteiger partial charge in [0, 0.05) is 13.1 Å². The van der Waals surface area contributed by atoms with E-state index in [-0.39, 0.29) is 11.7 Å². The van der Waals surface area contributed by atoms with Crippen molar-refractivity contribution in [1.82, 2.24) is 14.3 Å². The quantitative estimate of drug-likeness (QED) is 0.759. The minimum Gasteiger partial charge on any atom is -0.441 e. The molecule has 2 aliphatic heterocycles. The van der Waals surface area contributed by atoms with E-state index in [0.29, 0.717) is 31.4 Å². The Kier molecular flexibility index (Phi) is 5.30. The summed E-state index contributed by atoms with van der Waals surface area (Å²) in [5.41, 5.74) is 0.532. The largest absolute Gasteiger partial charge is 0.441 e. The highest BCUT2D eigenvalue weighted by atomic mass is 32.2. The summed E-state index contributed by atoms with van der Waals surface area (Å²) in [5, 5.41) is 0. The van der Waals surface area contributed by atoms with Gasteiger partial charge in [-0.25, -0.2) is 22.5 Å². The molecule has 3 fully saturated rings. The molecule has 1 aliphatic carbocycles. The third-order valence-corrected chi connectivity index (χ3v) is 7.55. The Morgan fingerprint density at radius 3 is 2.46 bits per heavy atom. The highest BCUT2D eigenvalue weighted by Crippen LogP contribution is 2.38. The number of ether oxygens (including phenoxy) is 1. The Morgan fingerprint density at radius 2 is 1.86 bits per heavy atom. The molecule has 0 bridgehead atoms. The lowest BCUT2D eigenvalue weighted by atomic mass is 9.85. The topological polar surface area (TPSA) is 92.7 Å². The van der Waals surface area contributed by atoms with Crippen LogP contribution in [-0.2, 0) is 21.2 Å². The van der Waals surface area contributed by atoms with Gasteiger partial charge in [-0.05, 0) is 50.9 Å². The van der Waals surface area contributed by atoms with Gasteiger partial charge >= 0.3 is 6.09 Å². The van der Waals surface area contributed by atoms with Crippen LogP contribution in [0.25, 0.3) is 0 Å². The number of amides is 1. The van der Waals surface area contributed by atoms with E-state index in [2.05, 4.69) is 9.97 Å². The molecular formula is C19H28N4O4S. The normalized spacial score (nSPS) is 23.9. The lowest BCUT2D eigenvalue weighted by Gasteiger charge is -2.30. The fourth-order valence-electron chi connectivity index (χ4n) is 4.59. The maximum Gasteiger partial charge on any atom is 0.416 e. The predicted octanol–water partition coefficient (Wildman–Crippen LogP) is 2.35. The molecular weight excluding hydrogens is 380 g/mol. The first-order chi connectivity index (χ1) is 13.3. The third kappa shape index (κ3) is 4.15. The standard InChI is InChI=1S/C19H28N4O4S/c1-28(25,26)22-9-5-15(6-10-22)11-16-12-21-17(13-20-16)23-14-19(27-18(23)24)7-3-2-4-8-19/h12-13,15H,2-11,14H2,1H3. The molecule has 3 heterocycles. The van der Waals surface area contributed by atoms with Gasteiger partial charge in [0.05, 0.1) is 30.9 Å². The van der Waals surface area contributed by atoms with Crippen molar-refractivity contribution >= 4 is 21.9 Å². The van der Waals surface area contributed by atoms with Crippen LogP contribution in [0.4, 0.5) is 10.6 Å². The van der Waals surface area contributed by atoms with Crippen LogP contribution in [0.2, 0.25) is 0 Å². The molecule has 4 rings (SSSR count). The van der Waals surface area contributed by atoms with Crippen molar-refractivity contribution in [1.29, 1.82) is 0 Å². The molecule has 28 heavy (non-hydrogen) atoms. The van der Waals surface area contributed by atoms with Crippen molar-refractivity contribution in [2.75, 3.05) is 30.8 Å². The van der Waals surface area contributed by atoms with Crippen LogP contribution in [-0.4, -0.2) is 60.3 Å². The van der Waals surface area contributed by atoms with Gasteiger partial charge < -0.3 is 4.74 Å². The van der Waals surface area contributed by atoms with Crippen molar-refractivity contribution in [2.24, 2.45) is 5.92 Å². The molecule has 3 aliphatic rings. The van der Waals surface area contributed by atoms with Crippen LogP contribution in [0, 0.1) is 5.92 Å². The fraction of sp³-hybridized carbons (Fsp3) is 0.737. The maximum absolute atomic E-state index is 12.3. The van der Waals surface area contributed by atoms with Gasteiger partial charge in [-0.1, -0.05) is 6.42 Å². The minimum atomic E-state index is -3.10. The Bertz CT molecular complexity index is 813. The van der Waals surface area contributed by atoms with Crippen LogP contribution in [0.5, 0.6) is 0 Å². The molecule has 1 aromatic heterocycles. The molecule has 1 spiro atoms. The summed E-state index contributed by atoms with van der Waals surface area (Å²) >= 11 is 0.